The number of nitrogens with two attached hydrogens (primary N) is 1. The van der Waals surface area contributed by atoms with Gasteiger partial charge in [0.25, 0.3) is 5.91 Å². The number of hydrogen-bond donors (Lipinski definition) is 1. The summed E-state index contributed by atoms with van der Waals surface area (Å²) in [5.74, 6) is -3.32. The molecule has 31 heavy (non-hydrogen) atoms. The molecule has 3 atom stereocenters. The standard InChI is InChI=1S/C22H27N3O6/c1-14(25-20(28)16-9-5-6-10-17(16)21(25)29)22(30)31-13-19(27)24(12-11-18(23)26)15-7-3-2-4-8-15/h2-4,7-8,14,16-17H,5-6,9-13H2,1H3,(H2,23,26)/t14-,16?,17?/m0/s1. The number of para-hydroxylation sites is 1. The Balaban J connectivity index is 1.62. The van der Waals surface area contributed by atoms with Crippen molar-refractivity contribution >= 4 is 35.3 Å². The molecule has 2 fully saturated rings. The van der Waals surface area contributed by atoms with E-state index in [4.69, 9.17) is 10.5 Å². The number of carbonyl (C=O) groups excluding carboxylic acids is 5. The predicted octanol–water partition coefficient (Wildman–Crippen LogP) is 1.00. The molecule has 2 aliphatic rings. The number of amides is 4. The maximum Gasteiger partial charge on any atom is 0.329 e. The van der Waals surface area contributed by atoms with Crippen molar-refractivity contribution in [2.45, 2.75) is 45.1 Å². The van der Waals surface area contributed by atoms with E-state index in [0.29, 0.717) is 18.5 Å². The van der Waals surface area contributed by atoms with Crippen molar-refractivity contribution in [1.29, 1.82) is 0 Å². The third-order valence-corrected chi connectivity index (χ3v) is 5.89. The van der Waals surface area contributed by atoms with Crippen LogP contribution in [0, 0.1) is 11.8 Å². The van der Waals surface area contributed by atoms with E-state index in [2.05, 4.69) is 0 Å². The van der Waals surface area contributed by atoms with E-state index < -0.39 is 30.4 Å². The van der Waals surface area contributed by atoms with Gasteiger partial charge in [0.05, 0.1) is 11.8 Å². The van der Waals surface area contributed by atoms with Crippen LogP contribution in [0.1, 0.15) is 39.0 Å². The number of ether oxygens (including phenoxy) is 1. The lowest BCUT2D eigenvalue weighted by Gasteiger charge is -2.24. The molecule has 1 aliphatic heterocycles. The fraction of sp³-hybridized carbons (Fsp3) is 0.500. The summed E-state index contributed by atoms with van der Waals surface area (Å²) >= 11 is 0. The number of carbonyl (C=O) groups is 5. The van der Waals surface area contributed by atoms with Crippen LogP contribution in [0.3, 0.4) is 0 Å². The summed E-state index contributed by atoms with van der Waals surface area (Å²) in [6, 6.07) is 7.52. The van der Waals surface area contributed by atoms with Crippen LogP contribution in [0.25, 0.3) is 0 Å². The number of primary amides is 1. The minimum absolute atomic E-state index is 0.0394. The van der Waals surface area contributed by atoms with Gasteiger partial charge in [0, 0.05) is 18.7 Å². The van der Waals surface area contributed by atoms with Gasteiger partial charge in [0.1, 0.15) is 6.04 Å². The van der Waals surface area contributed by atoms with Crippen LogP contribution in [0.5, 0.6) is 0 Å². The number of nitrogens with zero attached hydrogens (tertiary/aromatic N) is 2. The van der Waals surface area contributed by atoms with Crippen LogP contribution >= 0.6 is 0 Å². The zero-order valence-corrected chi connectivity index (χ0v) is 17.5. The number of fused-ring (bicyclic) bond motifs is 1. The molecule has 0 spiro atoms. The molecular formula is C22H27N3O6. The molecule has 2 unspecified atom stereocenters. The second-order valence-electron chi connectivity index (χ2n) is 7.92. The fourth-order valence-corrected chi connectivity index (χ4v) is 4.23. The van der Waals surface area contributed by atoms with Crippen molar-refractivity contribution in [1.82, 2.24) is 4.90 Å². The smallest absolute Gasteiger partial charge is 0.329 e. The van der Waals surface area contributed by atoms with Crippen molar-refractivity contribution in [3.8, 4) is 0 Å². The summed E-state index contributed by atoms with van der Waals surface area (Å²) in [6.07, 6.45) is 3.03. The molecule has 0 radical (unpaired) electrons. The number of imide groups is 1. The van der Waals surface area contributed by atoms with Crippen molar-refractivity contribution in [3.63, 3.8) is 0 Å². The Kier molecular flexibility index (Phi) is 7.04. The number of esters is 1. The molecule has 0 bridgehead atoms. The highest BCUT2D eigenvalue weighted by Crippen LogP contribution is 2.38. The normalized spacial score (nSPS) is 21.4. The largest absolute Gasteiger partial charge is 0.454 e. The Morgan fingerprint density at radius 1 is 1.10 bits per heavy atom. The van der Waals surface area contributed by atoms with E-state index in [0.717, 1.165) is 17.7 Å². The Bertz CT molecular complexity index is 847. The summed E-state index contributed by atoms with van der Waals surface area (Å²) in [6.45, 7) is 0.889. The maximum atomic E-state index is 12.7. The van der Waals surface area contributed by atoms with Crippen LogP contribution in [0.15, 0.2) is 30.3 Å². The second-order valence-corrected chi connectivity index (χ2v) is 7.92. The van der Waals surface area contributed by atoms with Gasteiger partial charge in [-0.2, -0.15) is 0 Å². The Labute approximate surface area is 180 Å². The van der Waals surface area contributed by atoms with E-state index in [1.165, 1.54) is 11.8 Å². The Morgan fingerprint density at radius 3 is 2.23 bits per heavy atom. The van der Waals surface area contributed by atoms with Gasteiger partial charge in [0.15, 0.2) is 6.61 Å². The third kappa shape index (κ3) is 4.92. The summed E-state index contributed by atoms with van der Waals surface area (Å²) in [4.78, 5) is 64.0. The molecule has 4 amide bonds. The molecule has 166 valence electrons. The fourth-order valence-electron chi connectivity index (χ4n) is 4.23. The minimum Gasteiger partial charge on any atom is -0.454 e. The average Bonchev–Trinajstić information content (AvgIpc) is 3.02. The van der Waals surface area contributed by atoms with Crippen LogP contribution in [0.4, 0.5) is 5.69 Å². The first-order chi connectivity index (χ1) is 14.8. The molecule has 1 aromatic rings. The first-order valence-electron chi connectivity index (χ1n) is 10.5. The zero-order valence-electron chi connectivity index (χ0n) is 17.5. The first kappa shape index (κ1) is 22.5. The summed E-state index contributed by atoms with van der Waals surface area (Å²) in [5.41, 5.74) is 5.73. The highest BCUT2D eigenvalue weighted by molar-refractivity contribution is 6.08. The number of benzene rings is 1. The lowest BCUT2D eigenvalue weighted by atomic mass is 9.81. The Hall–Kier alpha value is -3.23. The van der Waals surface area contributed by atoms with E-state index in [9.17, 15) is 24.0 Å². The van der Waals surface area contributed by atoms with Gasteiger partial charge in [-0.15, -0.1) is 0 Å². The SMILES string of the molecule is C[C@@H](C(=O)OCC(=O)N(CCC(N)=O)c1ccccc1)N1C(=O)C2CCCCC2C1=O. The molecule has 3 rings (SSSR count). The Morgan fingerprint density at radius 2 is 1.68 bits per heavy atom. The van der Waals surface area contributed by atoms with Gasteiger partial charge < -0.3 is 15.4 Å². The van der Waals surface area contributed by atoms with Gasteiger partial charge in [-0.1, -0.05) is 31.0 Å². The molecule has 1 saturated carbocycles. The summed E-state index contributed by atoms with van der Waals surface area (Å²) in [5, 5.41) is 0. The van der Waals surface area contributed by atoms with Crippen molar-refractivity contribution < 1.29 is 28.7 Å². The first-order valence-corrected chi connectivity index (χ1v) is 10.5. The molecule has 2 N–H and O–H groups in total. The van der Waals surface area contributed by atoms with Crippen LogP contribution in [0.2, 0.25) is 0 Å². The lowest BCUT2D eigenvalue weighted by Crippen LogP contribution is -2.45. The van der Waals surface area contributed by atoms with Gasteiger partial charge >= 0.3 is 5.97 Å². The summed E-state index contributed by atoms with van der Waals surface area (Å²) in [7, 11) is 0. The molecule has 9 heteroatoms. The molecule has 1 aromatic carbocycles. The van der Waals surface area contributed by atoms with Gasteiger partial charge in [-0.3, -0.25) is 24.1 Å². The van der Waals surface area contributed by atoms with Gasteiger partial charge in [-0.25, -0.2) is 4.79 Å². The topological polar surface area (TPSA) is 127 Å². The van der Waals surface area contributed by atoms with E-state index in [1.807, 2.05) is 0 Å². The van der Waals surface area contributed by atoms with E-state index in [-0.39, 0.29) is 36.6 Å². The highest BCUT2D eigenvalue weighted by atomic mass is 16.5. The molecule has 0 aromatic heterocycles. The number of likely N-dealkylation sites (tertiary alicyclic amines) is 1. The number of anilines is 1. The average molecular weight is 429 g/mol. The van der Waals surface area contributed by atoms with Gasteiger partial charge in [0.2, 0.25) is 17.7 Å². The monoisotopic (exact) mass is 429 g/mol. The molecule has 1 saturated heterocycles. The van der Waals surface area contributed by atoms with Crippen LogP contribution in [-0.2, 0) is 28.7 Å². The zero-order chi connectivity index (χ0) is 22.5. The summed E-state index contributed by atoms with van der Waals surface area (Å²) < 4.78 is 5.14. The lowest BCUT2D eigenvalue weighted by molar-refractivity contribution is -0.159. The molecular weight excluding hydrogens is 402 g/mol. The minimum atomic E-state index is -1.10. The van der Waals surface area contributed by atoms with Crippen molar-refractivity contribution in [2.24, 2.45) is 17.6 Å². The highest BCUT2D eigenvalue weighted by Gasteiger charge is 2.51. The second kappa shape index (κ2) is 9.72. The molecule has 1 heterocycles. The van der Waals surface area contributed by atoms with Crippen LogP contribution < -0.4 is 10.6 Å². The van der Waals surface area contributed by atoms with Crippen molar-refractivity contribution in [3.05, 3.63) is 30.3 Å². The van der Waals surface area contributed by atoms with Gasteiger partial charge in [-0.05, 0) is 31.9 Å². The predicted molar refractivity (Wildman–Crippen MR) is 110 cm³/mol. The van der Waals surface area contributed by atoms with Crippen molar-refractivity contribution in [2.75, 3.05) is 18.1 Å². The maximum absolute atomic E-state index is 12.7. The number of rotatable bonds is 8. The molecule has 9 nitrogen and oxygen atoms in total. The van der Waals surface area contributed by atoms with E-state index in [1.54, 1.807) is 30.3 Å². The van der Waals surface area contributed by atoms with Crippen LogP contribution in [-0.4, -0.2) is 53.7 Å². The third-order valence-electron chi connectivity index (χ3n) is 5.89. The van der Waals surface area contributed by atoms with E-state index >= 15 is 0 Å². The number of hydrogen-bond acceptors (Lipinski definition) is 6. The molecule has 1 aliphatic carbocycles. The quantitative estimate of drug-likeness (QED) is 0.485.